The van der Waals surface area contributed by atoms with Crippen LogP contribution in [0.2, 0.25) is 0 Å². The Morgan fingerprint density at radius 3 is 2.35 bits per heavy atom. The number of rotatable bonds is 3. The average Bonchev–Trinajstić information content (AvgIpc) is 2.72. The van der Waals surface area contributed by atoms with Gasteiger partial charge in [-0.05, 0) is 43.0 Å². The third-order valence-electron chi connectivity index (χ3n) is 3.84. The maximum Gasteiger partial charge on any atom is 0.332 e. The summed E-state index contributed by atoms with van der Waals surface area (Å²) in [6.07, 6.45) is 1.60. The number of hydrogen-bond acceptors (Lipinski definition) is 2. The monoisotopic (exact) mass is 312 g/mol. The zero-order valence-corrected chi connectivity index (χ0v) is 14.3. The van der Waals surface area contributed by atoms with E-state index in [-0.39, 0.29) is 5.41 Å². The average molecular weight is 312 g/mol. The van der Waals surface area contributed by atoms with E-state index < -0.39 is 6.03 Å². The Balaban J connectivity index is 2.35. The zero-order chi connectivity index (χ0) is 17.2. The normalized spacial score (nSPS) is 11.9. The fourth-order valence-electron chi connectivity index (χ4n) is 2.59. The van der Waals surface area contributed by atoms with E-state index in [4.69, 9.17) is 5.73 Å². The van der Waals surface area contributed by atoms with Gasteiger partial charge in [0.05, 0.1) is 6.21 Å². The second-order valence-electron chi connectivity index (χ2n) is 6.69. The van der Waals surface area contributed by atoms with Gasteiger partial charge in [-0.3, -0.25) is 0 Å². The van der Waals surface area contributed by atoms with Gasteiger partial charge in [-0.2, -0.15) is 5.10 Å². The minimum atomic E-state index is -0.673. The molecule has 2 amide bonds. The predicted octanol–water partition coefficient (Wildman–Crippen LogP) is 3.39. The SMILES string of the molecule is Cc1cc(/C=N\NC(N)=O)c(C)n1-c1ccc(C(C)(C)C)cc1. The summed E-state index contributed by atoms with van der Waals surface area (Å²) in [5, 5.41) is 3.83. The van der Waals surface area contributed by atoms with E-state index >= 15 is 0 Å². The van der Waals surface area contributed by atoms with Crippen molar-refractivity contribution in [3.05, 3.63) is 52.8 Å². The summed E-state index contributed by atoms with van der Waals surface area (Å²) in [4.78, 5) is 10.7. The summed E-state index contributed by atoms with van der Waals surface area (Å²) in [6.45, 7) is 10.7. The number of urea groups is 1. The molecule has 0 aliphatic rings. The van der Waals surface area contributed by atoms with Crippen molar-refractivity contribution >= 4 is 12.2 Å². The Morgan fingerprint density at radius 1 is 1.22 bits per heavy atom. The number of carbonyl (C=O) groups is 1. The summed E-state index contributed by atoms with van der Waals surface area (Å²) in [7, 11) is 0. The molecule has 3 N–H and O–H groups in total. The minimum absolute atomic E-state index is 0.136. The number of primary amides is 1. The number of amides is 2. The van der Waals surface area contributed by atoms with Crippen molar-refractivity contribution in [3.8, 4) is 5.69 Å². The second kappa shape index (κ2) is 6.28. The molecule has 0 atom stereocenters. The molecule has 0 aliphatic carbocycles. The number of benzene rings is 1. The number of hydrazone groups is 1. The standard InChI is InChI=1S/C18H24N4O/c1-12-10-14(11-20-21-17(19)23)13(2)22(12)16-8-6-15(7-9-16)18(3,4)5/h6-11H,1-5H3,(H3,19,21,23)/b20-11-. The fraction of sp³-hybridized carbons (Fsp3) is 0.333. The molecule has 2 aromatic rings. The van der Waals surface area contributed by atoms with E-state index in [0.717, 1.165) is 22.6 Å². The van der Waals surface area contributed by atoms with Crippen molar-refractivity contribution in [1.82, 2.24) is 9.99 Å². The first-order valence-electron chi connectivity index (χ1n) is 7.58. The second-order valence-corrected chi connectivity index (χ2v) is 6.69. The van der Waals surface area contributed by atoms with E-state index in [2.05, 4.69) is 60.1 Å². The molecule has 0 saturated carbocycles. The summed E-state index contributed by atoms with van der Waals surface area (Å²) in [5.74, 6) is 0. The van der Waals surface area contributed by atoms with Crippen molar-refractivity contribution in [2.75, 3.05) is 0 Å². The van der Waals surface area contributed by atoms with Gasteiger partial charge in [0.15, 0.2) is 0 Å². The van der Waals surface area contributed by atoms with Gasteiger partial charge in [-0.25, -0.2) is 10.2 Å². The van der Waals surface area contributed by atoms with Crippen LogP contribution in [0.1, 0.15) is 43.3 Å². The molecule has 0 radical (unpaired) electrons. The first-order chi connectivity index (χ1) is 10.7. The number of nitrogens with two attached hydrogens (primary N) is 1. The van der Waals surface area contributed by atoms with Crippen molar-refractivity contribution in [1.29, 1.82) is 0 Å². The summed E-state index contributed by atoms with van der Waals surface area (Å²) < 4.78 is 2.16. The number of aromatic nitrogens is 1. The van der Waals surface area contributed by atoms with Crippen LogP contribution in [0, 0.1) is 13.8 Å². The van der Waals surface area contributed by atoms with Gasteiger partial charge in [-0.1, -0.05) is 32.9 Å². The van der Waals surface area contributed by atoms with E-state index in [0.29, 0.717) is 0 Å². The predicted molar refractivity (Wildman–Crippen MR) is 94.3 cm³/mol. The topological polar surface area (TPSA) is 72.4 Å². The Labute approximate surface area is 137 Å². The highest BCUT2D eigenvalue weighted by atomic mass is 16.2. The number of nitrogens with zero attached hydrogens (tertiary/aromatic N) is 2. The van der Waals surface area contributed by atoms with Crippen LogP contribution in [-0.2, 0) is 5.41 Å². The maximum absolute atomic E-state index is 10.7. The smallest absolute Gasteiger partial charge is 0.332 e. The van der Waals surface area contributed by atoms with Crippen LogP contribution < -0.4 is 11.2 Å². The van der Waals surface area contributed by atoms with Gasteiger partial charge in [0.25, 0.3) is 0 Å². The molecule has 0 saturated heterocycles. The van der Waals surface area contributed by atoms with Crippen LogP contribution in [0.3, 0.4) is 0 Å². The van der Waals surface area contributed by atoms with Crippen LogP contribution in [0.25, 0.3) is 5.69 Å². The molecule has 0 unspecified atom stereocenters. The summed E-state index contributed by atoms with van der Waals surface area (Å²) in [6, 6.07) is 9.94. The van der Waals surface area contributed by atoms with Crippen LogP contribution in [-0.4, -0.2) is 16.8 Å². The zero-order valence-electron chi connectivity index (χ0n) is 14.3. The van der Waals surface area contributed by atoms with Gasteiger partial charge in [0.2, 0.25) is 0 Å². The van der Waals surface area contributed by atoms with Crippen LogP contribution in [0.15, 0.2) is 35.4 Å². The molecule has 122 valence electrons. The summed E-state index contributed by atoms with van der Waals surface area (Å²) >= 11 is 0. The highest BCUT2D eigenvalue weighted by molar-refractivity contribution is 5.83. The van der Waals surface area contributed by atoms with Crippen LogP contribution in [0.5, 0.6) is 0 Å². The lowest BCUT2D eigenvalue weighted by molar-refractivity contribution is 0.249. The molecule has 0 aliphatic heterocycles. The van der Waals surface area contributed by atoms with Crippen molar-refractivity contribution in [2.24, 2.45) is 10.8 Å². The third kappa shape index (κ3) is 3.80. The van der Waals surface area contributed by atoms with Crippen LogP contribution >= 0.6 is 0 Å². The first kappa shape index (κ1) is 16.8. The lowest BCUT2D eigenvalue weighted by Gasteiger charge is -2.20. The van der Waals surface area contributed by atoms with Crippen LogP contribution in [0.4, 0.5) is 4.79 Å². The van der Waals surface area contributed by atoms with E-state index in [1.54, 1.807) is 6.21 Å². The number of aryl methyl sites for hydroxylation is 1. The van der Waals surface area contributed by atoms with Gasteiger partial charge < -0.3 is 10.3 Å². The molecule has 0 spiro atoms. The van der Waals surface area contributed by atoms with E-state index in [9.17, 15) is 4.79 Å². The van der Waals surface area contributed by atoms with E-state index in [1.165, 1.54) is 5.56 Å². The molecule has 1 heterocycles. The molecule has 5 nitrogen and oxygen atoms in total. The highest BCUT2D eigenvalue weighted by Gasteiger charge is 2.14. The van der Waals surface area contributed by atoms with Crippen molar-refractivity contribution < 1.29 is 4.79 Å². The molecular weight excluding hydrogens is 288 g/mol. The Bertz CT molecular complexity index is 734. The lowest BCUT2D eigenvalue weighted by atomic mass is 9.87. The van der Waals surface area contributed by atoms with Gasteiger partial charge in [0.1, 0.15) is 0 Å². The fourth-order valence-corrected chi connectivity index (χ4v) is 2.59. The third-order valence-corrected chi connectivity index (χ3v) is 3.84. The Hall–Kier alpha value is -2.56. The number of nitrogens with one attached hydrogen (secondary N) is 1. The Morgan fingerprint density at radius 2 is 1.83 bits per heavy atom. The van der Waals surface area contributed by atoms with Crippen molar-refractivity contribution in [3.63, 3.8) is 0 Å². The largest absolute Gasteiger partial charge is 0.350 e. The lowest BCUT2D eigenvalue weighted by Crippen LogP contribution is -2.24. The Kier molecular flexibility index (Phi) is 4.59. The molecule has 23 heavy (non-hydrogen) atoms. The first-order valence-corrected chi connectivity index (χ1v) is 7.58. The molecule has 1 aromatic carbocycles. The van der Waals surface area contributed by atoms with Gasteiger partial charge in [-0.15, -0.1) is 0 Å². The quantitative estimate of drug-likeness (QED) is 0.661. The minimum Gasteiger partial charge on any atom is -0.350 e. The molecular formula is C18H24N4O. The molecule has 1 aromatic heterocycles. The maximum atomic E-state index is 10.7. The molecule has 2 rings (SSSR count). The molecule has 5 heteroatoms. The van der Waals surface area contributed by atoms with E-state index in [1.807, 2.05) is 19.9 Å². The van der Waals surface area contributed by atoms with Gasteiger partial charge >= 0.3 is 6.03 Å². The van der Waals surface area contributed by atoms with Gasteiger partial charge in [0, 0.05) is 22.6 Å². The number of carbonyl (C=O) groups excluding carboxylic acids is 1. The van der Waals surface area contributed by atoms with Crippen molar-refractivity contribution in [2.45, 2.75) is 40.0 Å². The number of hydrogen-bond donors (Lipinski definition) is 2. The molecule has 0 bridgehead atoms. The highest BCUT2D eigenvalue weighted by Crippen LogP contribution is 2.25. The summed E-state index contributed by atoms with van der Waals surface area (Å²) in [5.41, 5.74) is 12.9. The molecule has 0 fully saturated rings.